The summed E-state index contributed by atoms with van der Waals surface area (Å²) in [5, 5.41) is 2.73. The average Bonchev–Trinajstić information content (AvgIpc) is 2.67. The van der Waals surface area contributed by atoms with Crippen molar-refractivity contribution < 1.29 is 9.18 Å². The van der Waals surface area contributed by atoms with Gasteiger partial charge in [0.25, 0.3) is 5.56 Å². The maximum Gasteiger partial charge on any atom is 0.258 e. The van der Waals surface area contributed by atoms with Crippen molar-refractivity contribution in [1.82, 2.24) is 14.9 Å². The number of rotatable bonds is 3. The quantitative estimate of drug-likeness (QED) is 0.855. The summed E-state index contributed by atoms with van der Waals surface area (Å²) in [6.45, 7) is 6.47. The molecule has 1 amide bonds. The van der Waals surface area contributed by atoms with Gasteiger partial charge in [0.05, 0.1) is 5.56 Å². The second-order valence-electron chi connectivity index (χ2n) is 6.93. The van der Waals surface area contributed by atoms with Gasteiger partial charge in [-0.15, -0.1) is 0 Å². The number of benzene rings is 1. The zero-order chi connectivity index (χ0) is 19.0. The van der Waals surface area contributed by atoms with E-state index in [1.165, 1.54) is 12.1 Å². The number of halogens is 1. The molecule has 1 fully saturated rings. The number of carbonyl (C=O) groups excluding carboxylic acids is 1. The molecule has 0 saturated carbocycles. The summed E-state index contributed by atoms with van der Waals surface area (Å²) < 4.78 is 13.2. The van der Waals surface area contributed by atoms with E-state index >= 15 is 0 Å². The van der Waals surface area contributed by atoms with Crippen LogP contribution in [0.25, 0.3) is 0 Å². The van der Waals surface area contributed by atoms with E-state index in [4.69, 9.17) is 0 Å². The van der Waals surface area contributed by atoms with E-state index < -0.39 is 5.92 Å². The fourth-order valence-corrected chi connectivity index (χ4v) is 3.76. The lowest BCUT2D eigenvalue weighted by molar-refractivity contribution is -0.116. The predicted molar refractivity (Wildman–Crippen MR) is 101 cm³/mol. The van der Waals surface area contributed by atoms with Gasteiger partial charge in [-0.3, -0.25) is 14.6 Å². The van der Waals surface area contributed by atoms with E-state index in [9.17, 15) is 14.0 Å². The van der Waals surface area contributed by atoms with Gasteiger partial charge in [-0.25, -0.2) is 4.39 Å². The molecule has 3 heterocycles. The lowest BCUT2D eigenvalue weighted by atomic mass is 9.87. The standard InChI is InChI=1S/C19H22FN5O2/c1-2-24-7-9-25(10-8-24)19-22-17-16(18(27)23-19)14(11-15(26)21-17)12-3-5-13(20)6-4-12/h3-6,14H,2,7-11H2,1H3,(H2,21,22,23,26,27)/t14-/m1/s1. The van der Waals surface area contributed by atoms with Crippen molar-refractivity contribution in [1.29, 1.82) is 0 Å². The van der Waals surface area contributed by atoms with Gasteiger partial charge < -0.3 is 15.1 Å². The van der Waals surface area contributed by atoms with Crippen molar-refractivity contribution in [2.24, 2.45) is 0 Å². The number of carbonyl (C=O) groups is 1. The second-order valence-corrected chi connectivity index (χ2v) is 6.93. The monoisotopic (exact) mass is 371 g/mol. The summed E-state index contributed by atoms with van der Waals surface area (Å²) in [7, 11) is 0. The molecule has 1 aromatic carbocycles. The van der Waals surface area contributed by atoms with Crippen LogP contribution >= 0.6 is 0 Å². The number of aromatic amines is 1. The van der Waals surface area contributed by atoms with Gasteiger partial charge in [-0.05, 0) is 24.2 Å². The largest absolute Gasteiger partial charge is 0.340 e. The Balaban J connectivity index is 1.69. The van der Waals surface area contributed by atoms with Crippen molar-refractivity contribution in [3.63, 3.8) is 0 Å². The average molecular weight is 371 g/mol. The normalized spacial score (nSPS) is 20.3. The third kappa shape index (κ3) is 3.44. The maximum absolute atomic E-state index is 13.2. The molecule has 1 atom stereocenters. The van der Waals surface area contributed by atoms with Crippen molar-refractivity contribution in [3.05, 3.63) is 51.6 Å². The van der Waals surface area contributed by atoms with E-state index in [1.54, 1.807) is 12.1 Å². The van der Waals surface area contributed by atoms with Gasteiger partial charge in [0, 0.05) is 38.5 Å². The SMILES string of the molecule is CCN1CCN(c2nc3c(c(=O)[nH]2)[C@@H](c2ccc(F)cc2)CC(=O)N3)CC1. The zero-order valence-electron chi connectivity index (χ0n) is 15.2. The molecular weight excluding hydrogens is 349 g/mol. The van der Waals surface area contributed by atoms with Crippen LogP contribution in [0.2, 0.25) is 0 Å². The molecule has 4 rings (SSSR count). The summed E-state index contributed by atoms with van der Waals surface area (Å²) in [4.78, 5) is 36.8. The molecule has 0 aliphatic carbocycles. The topological polar surface area (TPSA) is 81.3 Å². The number of amides is 1. The molecule has 2 N–H and O–H groups in total. The minimum Gasteiger partial charge on any atom is -0.340 e. The highest BCUT2D eigenvalue weighted by Gasteiger charge is 2.31. The fourth-order valence-electron chi connectivity index (χ4n) is 3.76. The van der Waals surface area contributed by atoms with Crippen molar-refractivity contribution in [2.45, 2.75) is 19.3 Å². The third-order valence-corrected chi connectivity index (χ3v) is 5.33. The number of nitrogens with one attached hydrogen (secondary N) is 2. The minimum atomic E-state index is -0.434. The van der Waals surface area contributed by atoms with E-state index in [2.05, 4.69) is 27.1 Å². The minimum absolute atomic E-state index is 0.137. The number of H-pyrrole nitrogens is 1. The highest BCUT2D eigenvalue weighted by atomic mass is 19.1. The zero-order valence-corrected chi connectivity index (χ0v) is 15.2. The molecule has 0 spiro atoms. The molecule has 1 saturated heterocycles. The van der Waals surface area contributed by atoms with Gasteiger partial charge in [-0.1, -0.05) is 19.1 Å². The van der Waals surface area contributed by atoms with E-state index in [1.807, 2.05) is 4.90 Å². The highest BCUT2D eigenvalue weighted by Crippen LogP contribution is 2.34. The number of fused-ring (bicyclic) bond motifs is 1. The summed E-state index contributed by atoms with van der Waals surface area (Å²) in [5.74, 6) is -0.201. The lowest BCUT2D eigenvalue weighted by Gasteiger charge is -2.35. The number of anilines is 2. The van der Waals surface area contributed by atoms with Crippen LogP contribution in [0.4, 0.5) is 16.2 Å². The van der Waals surface area contributed by atoms with Crippen LogP contribution in [-0.4, -0.2) is 53.5 Å². The molecule has 0 bridgehead atoms. The third-order valence-electron chi connectivity index (χ3n) is 5.33. The van der Waals surface area contributed by atoms with Crippen LogP contribution in [0.5, 0.6) is 0 Å². The Kier molecular flexibility index (Phi) is 4.65. The first-order valence-electron chi connectivity index (χ1n) is 9.22. The van der Waals surface area contributed by atoms with Gasteiger partial charge in [0.1, 0.15) is 11.6 Å². The Morgan fingerprint density at radius 2 is 1.85 bits per heavy atom. The first-order chi connectivity index (χ1) is 13.0. The highest BCUT2D eigenvalue weighted by molar-refractivity contribution is 5.94. The predicted octanol–water partition coefficient (Wildman–Crippen LogP) is 1.52. The Morgan fingerprint density at radius 3 is 2.52 bits per heavy atom. The van der Waals surface area contributed by atoms with Crippen molar-refractivity contribution in [3.8, 4) is 0 Å². The van der Waals surface area contributed by atoms with Gasteiger partial charge in [-0.2, -0.15) is 4.98 Å². The number of piperazine rings is 1. The molecule has 2 aliphatic rings. The molecule has 0 radical (unpaired) electrons. The number of likely N-dealkylation sites (N-methyl/N-ethyl adjacent to an activating group) is 1. The molecule has 27 heavy (non-hydrogen) atoms. The molecule has 142 valence electrons. The van der Waals surface area contributed by atoms with Gasteiger partial charge in [0.2, 0.25) is 11.9 Å². The Labute approximate surface area is 156 Å². The lowest BCUT2D eigenvalue weighted by Crippen LogP contribution is -2.47. The Bertz CT molecular complexity index is 903. The van der Waals surface area contributed by atoms with Crippen LogP contribution in [0.1, 0.15) is 30.4 Å². The van der Waals surface area contributed by atoms with E-state index in [-0.39, 0.29) is 23.7 Å². The molecule has 2 aromatic rings. The molecule has 0 unspecified atom stereocenters. The molecule has 1 aromatic heterocycles. The smallest absolute Gasteiger partial charge is 0.258 e. The first-order valence-corrected chi connectivity index (χ1v) is 9.22. The molecule has 7 nitrogen and oxygen atoms in total. The number of hydrogen-bond donors (Lipinski definition) is 2. The van der Waals surface area contributed by atoms with E-state index in [0.29, 0.717) is 17.3 Å². The van der Waals surface area contributed by atoms with Gasteiger partial charge in [0.15, 0.2) is 0 Å². The van der Waals surface area contributed by atoms with Crippen LogP contribution < -0.4 is 15.8 Å². The van der Waals surface area contributed by atoms with Crippen molar-refractivity contribution >= 4 is 17.7 Å². The summed E-state index contributed by atoms with van der Waals surface area (Å²) in [6.07, 6.45) is 0.137. The van der Waals surface area contributed by atoms with Gasteiger partial charge >= 0.3 is 0 Å². The molecule has 2 aliphatic heterocycles. The fraction of sp³-hybridized carbons (Fsp3) is 0.421. The Hall–Kier alpha value is -2.74. The Morgan fingerprint density at radius 1 is 1.15 bits per heavy atom. The number of hydrogen-bond acceptors (Lipinski definition) is 5. The summed E-state index contributed by atoms with van der Waals surface area (Å²) in [5.41, 5.74) is 0.892. The second kappa shape index (κ2) is 7.11. The van der Waals surface area contributed by atoms with Crippen LogP contribution in [0.3, 0.4) is 0 Å². The molecule has 8 heteroatoms. The van der Waals surface area contributed by atoms with Crippen molar-refractivity contribution in [2.75, 3.05) is 42.9 Å². The first kappa shape index (κ1) is 17.7. The number of nitrogens with zero attached hydrogens (tertiary/aromatic N) is 3. The van der Waals surface area contributed by atoms with Crippen LogP contribution in [0.15, 0.2) is 29.1 Å². The summed E-state index contributed by atoms with van der Waals surface area (Å²) in [6, 6.07) is 5.90. The summed E-state index contributed by atoms with van der Waals surface area (Å²) >= 11 is 0. The van der Waals surface area contributed by atoms with E-state index in [0.717, 1.165) is 38.3 Å². The van der Waals surface area contributed by atoms with Crippen LogP contribution in [-0.2, 0) is 4.79 Å². The van der Waals surface area contributed by atoms with Crippen LogP contribution in [0, 0.1) is 5.82 Å². The maximum atomic E-state index is 13.2. The number of aromatic nitrogens is 2. The molecular formula is C19H22FN5O2.